The molecular formula is C19H18N8O. The van der Waals surface area contributed by atoms with Gasteiger partial charge >= 0.3 is 0 Å². The first kappa shape index (κ1) is 16.5. The number of amides is 1. The average molecular weight is 374 g/mol. The molecule has 0 bridgehead atoms. The largest absolute Gasteiger partial charge is 0.338 e. The van der Waals surface area contributed by atoms with Crippen LogP contribution < -0.4 is 0 Å². The van der Waals surface area contributed by atoms with Crippen LogP contribution in [0.1, 0.15) is 23.7 Å². The van der Waals surface area contributed by atoms with Crippen molar-refractivity contribution in [1.29, 1.82) is 0 Å². The molecular weight excluding hydrogens is 356 g/mol. The predicted octanol–water partition coefficient (Wildman–Crippen LogP) is 2.08. The van der Waals surface area contributed by atoms with E-state index in [2.05, 4.69) is 37.2 Å². The molecule has 1 aliphatic rings. The van der Waals surface area contributed by atoms with Crippen molar-refractivity contribution < 1.29 is 4.79 Å². The zero-order chi connectivity index (χ0) is 19.1. The van der Waals surface area contributed by atoms with Gasteiger partial charge in [0, 0.05) is 24.7 Å². The fourth-order valence-corrected chi connectivity index (χ4v) is 3.51. The highest BCUT2D eigenvalue weighted by atomic mass is 16.2. The smallest absolute Gasteiger partial charge is 0.255 e. The first-order valence-corrected chi connectivity index (χ1v) is 9.14. The van der Waals surface area contributed by atoms with E-state index >= 15 is 0 Å². The maximum Gasteiger partial charge on any atom is 0.255 e. The highest BCUT2D eigenvalue weighted by Crippen LogP contribution is 2.22. The van der Waals surface area contributed by atoms with Gasteiger partial charge in [-0.15, -0.1) is 0 Å². The van der Waals surface area contributed by atoms with Gasteiger partial charge < -0.3 is 4.90 Å². The molecule has 1 amide bonds. The van der Waals surface area contributed by atoms with Crippen molar-refractivity contribution in [3.05, 3.63) is 48.7 Å². The Morgan fingerprint density at radius 2 is 2.11 bits per heavy atom. The molecule has 0 radical (unpaired) electrons. The lowest BCUT2D eigenvalue weighted by Gasteiger charge is -2.15. The first-order valence-electron chi connectivity index (χ1n) is 9.14. The number of aromatic nitrogens is 7. The van der Waals surface area contributed by atoms with Crippen LogP contribution in [0.25, 0.3) is 28.2 Å². The number of pyridine rings is 2. The number of hydrogen-bond donors (Lipinski definition) is 1. The number of fused-ring (bicyclic) bond motifs is 1. The molecule has 0 spiro atoms. The van der Waals surface area contributed by atoms with Gasteiger partial charge in [-0.3, -0.25) is 14.9 Å². The molecule has 4 aromatic rings. The summed E-state index contributed by atoms with van der Waals surface area (Å²) in [6.07, 6.45) is 7.54. The minimum Gasteiger partial charge on any atom is -0.338 e. The van der Waals surface area contributed by atoms with Crippen molar-refractivity contribution in [2.45, 2.75) is 13.3 Å². The van der Waals surface area contributed by atoms with Crippen LogP contribution in [0.5, 0.6) is 0 Å². The standard InChI is InChI=1S/C19H18N8O/c1-12-4-5-26(10-12)19(28)14-6-13-8-24-27(18(13)21-7-14)15-2-3-16(20-9-15)17-22-11-23-25-17/h2-3,6-9,11-12H,4-5,10H2,1H3,(H,22,23,25)/t12-/m0/s1. The number of rotatable bonds is 3. The molecule has 0 aromatic carbocycles. The molecule has 4 aromatic heterocycles. The van der Waals surface area contributed by atoms with Crippen LogP contribution in [0.4, 0.5) is 0 Å². The van der Waals surface area contributed by atoms with E-state index < -0.39 is 0 Å². The van der Waals surface area contributed by atoms with Crippen molar-refractivity contribution >= 4 is 16.9 Å². The minimum atomic E-state index is 0.0320. The Bertz CT molecular complexity index is 1130. The van der Waals surface area contributed by atoms with Crippen molar-refractivity contribution in [3.8, 4) is 17.2 Å². The maximum absolute atomic E-state index is 12.7. The van der Waals surface area contributed by atoms with E-state index in [-0.39, 0.29) is 5.91 Å². The normalized spacial score (nSPS) is 16.8. The Morgan fingerprint density at radius 3 is 2.82 bits per heavy atom. The number of aromatic amines is 1. The third-order valence-electron chi connectivity index (χ3n) is 5.02. The van der Waals surface area contributed by atoms with Crippen LogP contribution in [-0.4, -0.2) is 58.8 Å². The molecule has 0 unspecified atom stereocenters. The van der Waals surface area contributed by atoms with Gasteiger partial charge in [0.15, 0.2) is 11.5 Å². The third kappa shape index (κ3) is 2.81. The summed E-state index contributed by atoms with van der Waals surface area (Å²) in [6, 6.07) is 5.59. The summed E-state index contributed by atoms with van der Waals surface area (Å²) in [5, 5.41) is 11.9. The fraction of sp³-hybridized carbons (Fsp3) is 0.263. The van der Waals surface area contributed by atoms with Crippen LogP contribution in [0.2, 0.25) is 0 Å². The highest BCUT2D eigenvalue weighted by Gasteiger charge is 2.24. The molecule has 1 fully saturated rings. The second kappa shape index (κ2) is 6.52. The minimum absolute atomic E-state index is 0.0320. The van der Waals surface area contributed by atoms with E-state index in [4.69, 9.17) is 0 Å². The summed E-state index contributed by atoms with van der Waals surface area (Å²) < 4.78 is 1.71. The second-order valence-electron chi connectivity index (χ2n) is 7.07. The number of likely N-dealkylation sites (tertiary alicyclic amines) is 1. The van der Waals surface area contributed by atoms with E-state index in [1.807, 2.05) is 23.1 Å². The van der Waals surface area contributed by atoms with Gasteiger partial charge in [-0.1, -0.05) is 6.92 Å². The monoisotopic (exact) mass is 374 g/mol. The Labute approximate surface area is 160 Å². The summed E-state index contributed by atoms with van der Waals surface area (Å²) in [4.78, 5) is 27.6. The lowest BCUT2D eigenvalue weighted by atomic mass is 10.2. The summed E-state index contributed by atoms with van der Waals surface area (Å²) in [5.41, 5.74) is 2.75. The van der Waals surface area contributed by atoms with Crippen molar-refractivity contribution in [2.24, 2.45) is 5.92 Å². The lowest BCUT2D eigenvalue weighted by Crippen LogP contribution is -2.28. The molecule has 140 valence electrons. The zero-order valence-electron chi connectivity index (χ0n) is 15.3. The number of hydrogen-bond acceptors (Lipinski definition) is 6. The SMILES string of the molecule is C[C@H]1CCN(C(=O)c2cnc3c(cnn3-c3ccc(-c4ncn[nH]4)nc3)c2)C1. The molecule has 1 atom stereocenters. The van der Waals surface area contributed by atoms with Gasteiger partial charge in [0.05, 0.1) is 23.6 Å². The Kier molecular flexibility index (Phi) is 3.85. The Hall–Kier alpha value is -3.62. The molecule has 0 aliphatic carbocycles. The fourth-order valence-electron chi connectivity index (χ4n) is 3.51. The van der Waals surface area contributed by atoms with Crippen molar-refractivity contribution in [2.75, 3.05) is 13.1 Å². The highest BCUT2D eigenvalue weighted by molar-refractivity contribution is 5.97. The van der Waals surface area contributed by atoms with Crippen LogP contribution in [-0.2, 0) is 0 Å². The summed E-state index contributed by atoms with van der Waals surface area (Å²) in [7, 11) is 0. The molecule has 9 nitrogen and oxygen atoms in total. The van der Waals surface area contributed by atoms with Crippen LogP contribution in [0.15, 0.2) is 43.1 Å². The number of H-pyrrole nitrogens is 1. The van der Waals surface area contributed by atoms with E-state index in [1.54, 1.807) is 23.3 Å². The Morgan fingerprint density at radius 1 is 1.18 bits per heavy atom. The van der Waals surface area contributed by atoms with Gasteiger partial charge in [-0.2, -0.15) is 10.2 Å². The molecule has 9 heteroatoms. The number of nitrogens with zero attached hydrogens (tertiary/aromatic N) is 7. The van der Waals surface area contributed by atoms with E-state index in [0.717, 1.165) is 30.6 Å². The average Bonchev–Trinajstić information content (AvgIpc) is 3.48. The number of carbonyl (C=O) groups excluding carboxylic acids is 1. The van der Waals surface area contributed by atoms with E-state index in [1.165, 1.54) is 6.33 Å². The summed E-state index contributed by atoms with van der Waals surface area (Å²) in [5.74, 6) is 1.19. The molecule has 1 N–H and O–H groups in total. The quantitative estimate of drug-likeness (QED) is 0.589. The van der Waals surface area contributed by atoms with Crippen LogP contribution in [0.3, 0.4) is 0 Å². The van der Waals surface area contributed by atoms with Gasteiger partial charge in [0.25, 0.3) is 5.91 Å². The second-order valence-corrected chi connectivity index (χ2v) is 7.07. The van der Waals surface area contributed by atoms with Gasteiger partial charge in [-0.25, -0.2) is 14.6 Å². The predicted molar refractivity (Wildman–Crippen MR) is 102 cm³/mol. The maximum atomic E-state index is 12.7. The molecule has 28 heavy (non-hydrogen) atoms. The molecule has 1 saturated heterocycles. The molecule has 1 aliphatic heterocycles. The van der Waals surface area contributed by atoms with Gasteiger partial charge in [0.1, 0.15) is 12.0 Å². The Balaban J connectivity index is 1.44. The first-order chi connectivity index (χ1) is 13.7. The van der Waals surface area contributed by atoms with E-state index in [9.17, 15) is 4.79 Å². The van der Waals surface area contributed by atoms with Crippen LogP contribution >= 0.6 is 0 Å². The van der Waals surface area contributed by atoms with Crippen molar-refractivity contribution in [1.82, 2.24) is 39.8 Å². The zero-order valence-corrected chi connectivity index (χ0v) is 15.3. The van der Waals surface area contributed by atoms with Gasteiger partial charge in [0.2, 0.25) is 0 Å². The summed E-state index contributed by atoms with van der Waals surface area (Å²) >= 11 is 0. The van der Waals surface area contributed by atoms with Crippen molar-refractivity contribution in [3.63, 3.8) is 0 Å². The van der Waals surface area contributed by atoms with Crippen LogP contribution in [0, 0.1) is 5.92 Å². The molecule has 5 heterocycles. The van der Waals surface area contributed by atoms with Gasteiger partial charge in [-0.05, 0) is 30.5 Å². The third-order valence-corrected chi connectivity index (χ3v) is 5.02. The molecule has 5 rings (SSSR count). The van der Waals surface area contributed by atoms with E-state index in [0.29, 0.717) is 28.6 Å². The number of carbonyl (C=O) groups is 1. The number of nitrogens with one attached hydrogen (secondary N) is 1. The lowest BCUT2D eigenvalue weighted by molar-refractivity contribution is 0.0788. The summed E-state index contributed by atoms with van der Waals surface area (Å²) in [6.45, 7) is 3.78. The molecule has 0 saturated carbocycles. The topological polar surface area (TPSA) is 105 Å².